The van der Waals surface area contributed by atoms with Crippen molar-refractivity contribution in [3.63, 3.8) is 0 Å². The van der Waals surface area contributed by atoms with Crippen molar-refractivity contribution < 1.29 is 14.3 Å². The van der Waals surface area contributed by atoms with Crippen molar-refractivity contribution in [3.05, 3.63) is 46.7 Å². The third kappa shape index (κ3) is 2.84. The molecule has 28 heavy (non-hydrogen) atoms. The minimum atomic E-state index is -0.346. The molecule has 0 spiro atoms. The number of nitrogens with one attached hydrogen (secondary N) is 1. The van der Waals surface area contributed by atoms with Crippen molar-refractivity contribution in [2.75, 3.05) is 13.7 Å². The van der Waals surface area contributed by atoms with Gasteiger partial charge in [-0.05, 0) is 31.2 Å². The maximum absolute atomic E-state index is 13.3. The number of amides is 1. The van der Waals surface area contributed by atoms with Crippen LogP contribution in [0.4, 0.5) is 0 Å². The topological polar surface area (TPSA) is 62.4 Å². The molecule has 1 aliphatic carbocycles. The number of fused-ring (bicyclic) bond motifs is 3. The SMILES string of the molecule is COC(=O)c1cccc2c3c([nH]c12)CCN(C(=O)[C@H]1[C@H](C=C(C)C)C1(C)C)C3. The highest BCUT2D eigenvalue weighted by Crippen LogP contribution is 2.60. The third-order valence-electron chi connectivity index (χ3n) is 6.42. The molecule has 4 rings (SSSR count). The number of hydrogen-bond acceptors (Lipinski definition) is 3. The fourth-order valence-electron chi connectivity index (χ4n) is 4.72. The van der Waals surface area contributed by atoms with E-state index in [2.05, 4.69) is 38.8 Å². The summed E-state index contributed by atoms with van der Waals surface area (Å²) in [4.78, 5) is 30.8. The molecule has 1 N–H and O–H groups in total. The van der Waals surface area contributed by atoms with E-state index in [1.54, 1.807) is 6.07 Å². The summed E-state index contributed by atoms with van der Waals surface area (Å²) in [5.41, 5.74) is 4.87. The number of carbonyl (C=O) groups is 2. The molecule has 1 aromatic heterocycles. The van der Waals surface area contributed by atoms with E-state index in [-0.39, 0.29) is 23.2 Å². The standard InChI is InChI=1S/C23H28N2O3/c1-13(2)11-17-19(23(17,3)4)21(26)25-10-9-18-16(12-25)14-7-6-8-15(20(14)24-18)22(27)28-5/h6-8,11,17,19,24H,9-10,12H2,1-5H3/t17-,19+/m0/s1. The zero-order valence-electron chi connectivity index (χ0n) is 17.3. The lowest BCUT2D eigenvalue weighted by atomic mass is 10.0. The second-order valence-corrected chi connectivity index (χ2v) is 8.88. The molecule has 1 aliphatic heterocycles. The summed E-state index contributed by atoms with van der Waals surface area (Å²) in [6, 6.07) is 5.66. The van der Waals surface area contributed by atoms with Crippen molar-refractivity contribution in [1.82, 2.24) is 9.88 Å². The Hall–Kier alpha value is -2.56. The van der Waals surface area contributed by atoms with Crippen LogP contribution in [0.5, 0.6) is 0 Å². The van der Waals surface area contributed by atoms with Gasteiger partial charge in [-0.25, -0.2) is 4.79 Å². The Kier molecular flexibility index (Phi) is 4.36. The van der Waals surface area contributed by atoms with Gasteiger partial charge in [-0.1, -0.05) is 37.6 Å². The molecule has 1 amide bonds. The molecular formula is C23H28N2O3. The van der Waals surface area contributed by atoms with E-state index in [1.807, 2.05) is 17.0 Å². The first kappa shape index (κ1) is 18.8. The fourth-order valence-corrected chi connectivity index (χ4v) is 4.72. The molecule has 5 heteroatoms. The Morgan fingerprint density at radius 1 is 1.29 bits per heavy atom. The highest BCUT2D eigenvalue weighted by atomic mass is 16.5. The normalized spacial score (nSPS) is 22.5. The molecule has 1 saturated carbocycles. The lowest BCUT2D eigenvalue weighted by molar-refractivity contribution is -0.134. The summed E-state index contributed by atoms with van der Waals surface area (Å²) in [7, 11) is 1.39. The second-order valence-electron chi connectivity index (χ2n) is 8.88. The van der Waals surface area contributed by atoms with Gasteiger partial charge in [-0.15, -0.1) is 0 Å². The summed E-state index contributed by atoms with van der Waals surface area (Å²) >= 11 is 0. The molecule has 2 heterocycles. The van der Waals surface area contributed by atoms with Crippen molar-refractivity contribution in [3.8, 4) is 0 Å². The van der Waals surface area contributed by atoms with Crippen LogP contribution in [0.1, 0.15) is 49.3 Å². The number of methoxy groups -OCH3 is 1. The van der Waals surface area contributed by atoms with Gasteiger partial charge in [0.25, 0.3) is 0 Å². The molecule has 5 nitrogen and oxygen atoms in total. The van der Waals surface area contributed by atoms with E-state index in [9.17, 15) is 9.59 Å². The minimum absolute atomic E-state index is 0.0207. The number of nitrogens with zero attached hydrogens (tertiary/aromatic N) is 1. The number of aromatic nitrogens is 1. The largest absolute Gasteiger partial charge is 0.465 e. The van der Waals surface area contributed by atoms with E-state index >= 15 is 0 Å². The number of para-hydroxylation sites is 1. The van der Waals surface area contributed by atoms with Gasteiger partial charge in [0, 0.05) is 36.2 Å². The number of aromatic amines is 1. The second kappa shape index (κ2) is 6.50. The molecule has 0 saturated heterocycles. The first-order valence-electron chi connectivity index (χ1n) is 9.90. The number of esters is 1. The molecule has 0 bridgehead atoms. The highest BCUT2D eigenvalue weighted by Gasteiger charge is 2.61. The Bertz CT molecular complexity index is 995. The van der Waals surface area contributed by atoms with Crippen LogP contribution in [0.3, 0.4) is 0 Å². The molecule has 2 aliphatic rings. The predicted octanol–water partition coefficient (Wildman–Crippen LogP) is 4.08. The first-order valence-corrected chi connectivity index (χ1v) is 9.90. The minimum Gasteiger partial charge on any atom is -0.465 e. The van der Waals surface area contributed by atoms with Gasteiger partial charge in [-0.2, -0.15) is 0 Å². The van der Waals surface area contributed by atoms with E-state index in [4.69, 9.17) is 4.74 Å². The maximum atomic E-state index is 13.3. The van der Waals surface area contributed by atoms with Gasteiger partial charge < -0.3 is 14.6 Å². The van der Waals surface area contributed by atoms with Crippen molar-refractivity contribution in [2.24, 2.45) is 17.3 Å². The van der Waals surface area contributed by atoms with Crippen LogP contribution in [0.15, 0.2) is 29.8 Å². The van der Waals surface area contributed by atoms with Gasteiger partial charge in [0.15, 0.2) is 0 Å². The van der Waals surface area contributed by atoms with Crippen LogP contribution in [-0.4, -0.2) is 35.4 Å². The monoisotopic (exact) mass is 380 g/mol. The van der Waals surface area contributed by atoms with Crippen LogP contribution < -0.4 is 0 Å². The lowest BCUT2D eigenvalue weighted by Gasteiger charge is -2.28. The number of ether oxygens (including phenoxy) is 1. The fraction of sp³-hybridized carbons (Fsp3) is 0.478. The van der Waals surface area contributed by atoms with Crippen LogP contribution in [0.25, 0.3) is 10.9 Å². The Labute approximate surface area is 165 Å². The number of benzene rings is 1. The van der Waals surface area contributed by atoms with E-state index in [0.29, 0.717) is 24.6 Å². The van der Waals surface area contributed by atoms with Crippen molar-refractivity contribution in [1.29, 1.82) is 0 Å². The summed E-state index contributed by atoms with van der Waals surface area (Å²) in [5.74, 6) is 0.276. The smallest absolute Gasteiger partial charge is 0.339 e. The summed E-state index contributed by atoms with van der Waals surface area (Å²) in [5, 5.41) is 1.01. The average Bonchev–Trinajstić information content (AvgIpc) is 3.00. The third-order valence-corrected chi connectivity index (χ3v) is 6.42. The maximum Gasteiger partial charge on any atom is 0.339 e. The van der Waals surface area contributed by atoms with Crippen molar-refractivity contribution >= 4 is 22.8 Å². The van der Waals surface area contributed by atoms with Crippen LogP contribution in [-0.2, 0) is 22.5 Å². The zero-order valence-corrected chi connectivity index (χ0v) is 17.3. The first-order chi connectivity index (χ1) is 13.3. The lowest BCUT2D eigenvalue weighted by Crippen LogP contribution is -2.37. The quantitative estimate of drug-likeness (QED) is 0.645. The zero-order chi connectivity index (χ0) is 20.2. The van der Waals surface area contributed by atoms with Gasteiger partial charge in [-0.3, -0.25) is 4.79 Å². The van der Waals surface area contributed by atoms with E-state index in [1.165, 1.54) is 12.7 Å². The van der Waals surface area contributed by atoms with Gasteiger partial charge in [0.1, 0.15) is 0 Å². The number of allylic oxidation sites excluding steroid dienone is 2. The highest BCUT2D eigenvalue weighted by molar-refractivity contribution is 6.04. The Morgan fingerprint density at radius 3 is 2.71 bits per heavy atom. The Balaban J connectivity index is 1.63. The molecule has 2 aromatic rings. The molecular weight excluding hydrogens is 352 g/mol. The average molecular weight is 380 g/mol. The number of hydrogen-bond donors (Lipinski definition) is 1. The van der Waals surface area contributed by atoms with E-state index in [0.717, 1.165) is 28.6 Å². The van der Waals surface area contributed by atoms with Crippen LogP contribution in [0.2, 0.25) is 0 Å². The van der Waals surface area contributed by atoms with E-state index < -0.39 is 0 Å². The number of carbonyl (C=O) groups excluding carboxylic acids is 2. The number of H-pyrrole nitrogens is 1. The molecule has 0 radical (unpaired) electrons. The summed E-state index contributed by atoms with van der Waals surface area (Å²) in [6.45, 7) is 9.85. The predicted molar refractivity (Wildman–Crippen MR) is 109 cm³/mol. The van der Waals surface area contributed by atoms with Gasteiger partial charge in [0.05, 0.1) is 24.1 Å². The van der Waals surface area contributed by atoms with Crippen LogP contribution >= 0.6 is 0 Å². The molecule has 1 aromatic carbocycles. The molecule has 148 valence electrons. The summed E-state index contributed by atoms with van der Waals surface area (Å²) in [6.07, 6.45) is 3.02. The van der Waals surface area contributed by atoms with Gasteiger partial charge >= 0.3 is 5.97 Å². The van der Waals surface area contributed by atoms with Gasteiger partial charge in [0.2, 0.25) is 5.91 Å². The molecule has 1 fully saturated rings. The Morgan fingerprint density at radius 2 is 2.04 bits per heavy atom. The van der Waals surface area contributed by atoms with Crippen LogP contribution in [0, 0.1) is 17.3 Å². The molecule has 2 atom stereocenters. The molecule has 0 unspecified atom stereocenters. The number of rotatable bonds is 3. The summed E-state index contributed by atoms with van der Waals surface area (Å²) < 4.78 is 4.91. The van der Waals surface area contributed by atoms with Crippen molar-refractivity contribution in [2.45, 2.75) is 40.7 Å².